The molecule has 7 nitrogen and oxygen atoms in total. The number of rotatable bonds is 5. The highest BCUT2D eigenvalue weighted by Gasteiger charge is 2.35. The van der Waals surface area contributed by atoms with Gasteiger partial charge in [-0.15, -0.1) is 11.3 Å². The van der Waals surface area contributed by atoms with Crippen LogP contribution < -0.4 is 10.1 Å². The van der Waals surface area contributed by atoms with Gasteiger partial charge in [-0.3, -0.25) is 4.79 Å². The van der Waals surface area contributed by atoms with Gasteiger partial charge in [-0.25, -0.2) is 15.0 Å². The zero-order valence-electron chi connectivity index (χ0n) is 15.9. The van der Waals surface area contributed by atoms with Gasteiger partial charge in [0.1, 0.15) is 11.6 Å². The molecule has 1 N–H and O–H groups in total. The molecule has 0 spiro atoms. The summed E-state index contributed by atoms with van der Waals surface area (Å²) >= 11 is 0.537. The number of halogens is 3. The normalized spacial score (nSPS) is 20.5. The Balaban J connectivity index is 1.55. The molecular weight excluding hydrogens is 419 g/mol. The molecule has 4 heterocycles. The number of nitrogens with zero attached hydrogens (tertiary/aromatic N) is 4. The fraction of sp³-hybridized carbons (Fsp3) is 0.474. The van der Waals surface area contributed by atoms with E-state index in [-0.39, 0.29) is 17.9 Å². The lowest BCUT2D eigenvalue weighted by Crippen LogP contribution is -2.26. The Morgan fingerprint density at radius 3 is 2.77 bits per heavy atom. The average molecular weight is 437 g/mol. The van der Waals surface area contributed by atoms with Gasteiger partial charge in [0.05, 0.1) is 22.4 Å². The van der Waals surface area contributed by atoms with Crippen LogP contribution in [0.25, 0.3) is 21.6 Å². The Hall–Kier alpha value is -2.69. The van der Waals surface area contributed by atoms with Crippen molar-refractivity contribution in [2.45, 2.75) is 44.5 Å². The number of thiazole rings is 1. The predicted molar refractivity (Wildman–Crippen MR) is 103 cm³/mol. The topological polar surface area (TPSA) is 81.9 Å². The van der Waals surface area contributed by atoms with Crippen LogP contribution in [0.2, 0.25) is 0 Å². The summed E-state index contributed by atoms with van der Waals surface area (Å²) in [4.78, 5) is 24.3. The highest BCUT2D eigenvalue weighted by Crippen LogP contribution is 2.42. The first-order valence-corrected chi connectivity index (χ1v) is 10.5. The van der Waals surface area contributed by atoms with Crippen LogP contribution in [0.1, 0.15) is 37.2 Å². The Labute approximate surface area is 173 Å². The maximum absolute atomic E-state index is 13.0. The van der Waals surface area contributed by atoms with Gasteiger partial charge in [-0.05, 0) is 25.8 Å². The minimum absolute atomic E-state index is 0.00413. The van der Waals surface area contributed by atoms with E-state index < -0.39 is 11.2 Å². The van der Waals surface area contributed by atoms with Gasteiger partial charge in [-0.1, -0.05) is 0 Å². The number of aromatic nitrogens is 4. The number of imidazole rings is 1. The fourth-order valence-corrected chi connectivity index (χ4v) is 4.36. The van der Waals surface area contributed by atoms with Gasteiger partial charge < -0.3 is 14.6 Å². The highest BCUT2D eigenvalue weighted by molar-refractivity contribution is 7.15. The molecule has 1 amide bonds. The van der Waals surface area contributed by atoms with E-state index in [1.165, 1.54) is 6.20 Å². The minimum atomic E-state index is -4.50. The van der Waals surface area contributed by atoms with Crippen LogP contribution >= 0.6 is 11.3 Å². The van der Waals surface area contributed by atoms with Crippen molar-refractivity contribution in [1.82, 2.24) is 24.8 Å². The number of fused-ring (bicyclic) bond motifs is 1. The van der Waals surface area contributed by atoms with Crippen molar-refractivity contribution in [2.75, 3.05) is 6.54 Å². The second-order valence-corrected chi connectivity index (χ2v) is 8.71. The summed E-state index contributed by atoms with van der Waals surface area (Å²) in [6.45, 7) is 2.39. The molecule has 3 aromatic heterocycles. The molecule has 0 bridgehead atoms. The maximum Gasteiger partial charge on any atom is 0.443 e. The number of carbonyl (C=O) groups is 1. The third-order valence-electron chi connectivity index (χ3n) is 5.43. The summed E-state index contributed by atoms with van der Waals surface area (Å²) in [6, 6.07) is 2.00. The van der Waals surface area contributed by atoms with E-state index in [2.05, 4.69) is 20.3 Å². The fourth-order valence-electron chi connectivity index (χ4n) is 3.62. The molecule has 1 saturated carbocycles. The number of ether oxygens (including phenoxy) is 1. The van der Waals surface area contributed by atoms with E-state index in [1.54, 1.807) is 12.4 Å². The van der Waals surface area contributed by atoms with E-state index in [0.717, 1.165) is 18.4 Å². The number of amides is 1. The van der Waals surface area contributed by atoms with E-state index in [0.29, 0.717) is 52.3 Å². The third kappa shape index (κ3) is 3.51. The largest absolute Gasteiger partial charge is 0.473 e. The summed E-state index contributed by atoms with van der Waals surface area (Å²) in [6.07, 6.45) is 0.530. The molecule has 0 unspecified atom stereocenters. The second-order valence-electron chi connectivity index (χ2n) is 7.68. The molecule has 2 fully saturated rings. The number of alkyl halides is 3. The quantitative estimate of drug-likeness (QED) is 0.657. The highest BCUT2D eigenvalue weighted by atomic mass is 32.1. The van der Waals surface area contributed by atoms with Crippen molar-refractivity contribution in [3.8, 4) is 16.5 Å². The monoisotopic (exact) mass is 437 g/mol. The van der Waals surface area contributed by atoms with Crippen LogP contribution in [0.5, 0.6) is 5.88 Å². The second kappa shape index (κ2) is 6.93. The smallest absolute Gasteiger partial charge is 0.443 e. The van der Waals surface area contributed by atoms with Gasteiger partial charge in [0.15, 0.2) is 5.01 Å². The van der Waals surface area contributed by atoms with E-state index in [1.807, 2.05) is 11.5 Å². The molecule has 1 saturated heterocycles. The van der Waals surface area contributed by atoms with Crippen molar-refractivity contribution < 1.29 is 22.7 Å². The molecule has 2 atom stereocenters. The summed E-state index contributed by atoms with van der Waals surface area (Å²) < 4.78 is 47.1. The molecular formula is C19H18F3N5O2S. The summed E-state index contributed by atoms with van der Waals surface area (Å²) in [5.74, 6) is 0.297. The van der Waals surface area contributed by atoms with Crippen molar-refractivity contribution in [3.63, 3.8) is 0 Å². The van der Waals surface area contributed by atoms with Gasteiger partial charge in [0.2, 0.25) is 11.8 Å². The molecule has 11 heteroatoms. The Bertz CT molecular complexity index is 1120. The van der Waals surface area contributed by atoms with Crippen molar-refractivity contribution in [1.29, 1.82) is 0 Å². The zero-order chi connectivity index (χ0) is 21.0. The molecule has 1 aliphatic carbocycles. The van der Waals surface area contributed by atoms with Crippen molar-refractivity contribution in [3.05, 3.63) is 23.6 Å². The number of carbonyl (C=O) groups excluding carboxylic acids is 1. The summed E-state index contributed by atoms with van der Waals surface area (Å²) in [5, 5.41) is 1.87. The van der Waals surface area contributed by atoms with Gasteiger partial charge in [0, 0.05) is 31.1 Å². The standard InChI is InChI=1S/C19H18F3N5O2S/c1-9(10-4-15(28)23-6-10)29-17-16-13(25-8-27(16)11-2-3-11)5-12(26-17)14-7-24-18(30-14)19(20,21)22/h5,7-11H,2-4,6H2,1H3,(H,23,28)/t9-,10-/m1/s1. The van der Waals surface area contributed by atoms with Crippen LogP contribution in [0.3, 0.4) is 0 Å². The van der Waals surface area contributed by atoms with Gasteiger partial charge >= 0.3 is 6.18 Å². The Morgan fingerprint density at radius 2 is 2.13 bits per heavy atom. The van der Waals surface area contributed by atoms with Crippen LogP contribution in [0, 0.1) is 5.92 Å². The van der Waals surface area contributed by atoms with Crippen molar-refractivity contribution in [2.24, 2.45) is 5.92 Å². The van der Waals surface area contributed by atoms with Gasteiger partial charge in [-0.2, -0.15) is 13.2 Å². The Kier molecular flexibility index (Phi) is 4.46. The molecule has 158 valence electrons. The maximum atomic E-state index is 13.0. The molecule has 0 aromatic carbocycles. The van der Waals surface area contributed by atoms with Gasteiger partial charge in [0.25, 0.3) is 0 Å². The van der Waals surface area contributed by atoms with Crippen LogP contribution in [-0.2, 0) is 11.0 Å². The first kappa shape index (κ1) is 19.3. The van der Waals surface area contributed by atoms with Crippen LogP contribution in [0.4, 0.5) is 13.2 Å². The number of hydrogen-bond acceptors (Lipinski definition) is 6. The van der Waals surface area contributed by atoms with E-state index in [9.17, 15) is 18.0 Å². The lowest BCUT2D eigenvalue weighted by Gasteiger charge is -2.20. The lowest BCUT2D eigenvalue weighted by atomic mass is 10.0. The first-order chi connectivity index (χ1) is 14.3. The molecule has 5 rings (SSSR count). The Morgan fingerprint density at radius 1 is 1.33 bits per heavy atom. The summed E-state index contributed by atoms with van der Waals surface area (Å²) in [5.41, 5.74) is 1.67. The van der Waals surface area contributed by atoms with E-state index in [4.69, 9.17) is 4.74 Å². The number of pyridine rings is 1. The third-order valence-corrected chi connectivity index (χ3v) is 6.50. The number of nitrogens with one attached hydrogen (secondary N) is 1. The SMILES string of the molecule is C[C@@H](Oc1nc(-c2cnc(C(F)(F)F)s2)cc2ncn(C3CC3)c12)[C@H]1CNC(=O)C1. The molecule has 2 aliphatic rings. The average Bonchev–Trinajstić information content (AvgIpc) is 3.10. The first-order valence-electron chi connectivity index (χ1n) is 9.64. The molecule has 0 radical (unpaired) electrons. The number of hydrogen-bond donors (Lipinski definition) is 1. The zero-order valence-corrected chi connectivity index (χ0v) is 16.8. The van der Waals surface area contributed by atoms with Crippen LogP contribution in [-0.4, -0.2) is 38.1 Å². The summed E-state index contributed by atoms with van der Waals surface area (Å²) in [7, 11) is 0. The molecule has 3 aromatic rings. The predicted octanol–water partition coefficient (Wildman–Crippen LogP) is 3.81. The molecule has 30 heavy (non-hydrogen) atoms. The van der Waals surface area contributed by atoms with Crippen LogP contribution in [0.15, 0.2) is 18.6 Å². The van der Waals surface area contributed by atoms with Crippen molar-refractivity contribution >= 4 is 28.3 Å². The van der Waals surface area contributed by atoms with E-state index >= 15 is 0 Å². The minimum Gasteiger partial charge on any atom is -0.473 e. The molecule has 1 aliphatic heterocycles. The lowest BCUT2D eigenvalue weighted by molar-refractivity contribution is -0.137.